The number of thiophene rings is 1. The number of hydrogen-bond donors (Lipinski definition) is 0. The SMILES string of the molecule is O=C(CCN1CCCCCC1)c1ccc(Oc2ccccc2)s1. The van der Waals surface area contributed by atoms with Crippen LogP contribution in [-0.2, 0) is 0 Å². The van der Waals surface area contributed by atoms with E-state index in [9.17, 15) is 4.79 Å². The lowest BCUT2D eigenvalue weighted by molar-refractivity contribution is 0.0969. The Morgan fingerprint density at radius 1 is 1.00 bits per heavy atom. The summed E-state index contributed by atoms with van der Waals surface area (Å²) < 4.78 is 5.78. The molecule has 1 aliphatic heterocycles. The van der Waals surface area contributed by atoms with E-state index >= 15 is 0 Å². The lowest BCUT2D eigenvalue weighted by Gasteiger charge is -2.18. The van der Waals surface area contributed by atoms with Crippen LogP contribution in [0.1, 0.15) is 41.8 Å². The van der Waals surface area contributed by atoms with Gasteiger partial charge in [-0.2, -0.15) is 0 Å². The van der Waals surface area contributed by atoms with Crippen molar-refractivity contribution in [2.24, 2.45) is 0 Å². The first-order valence-electron chi connectivity index (χ1n) is 8.39. The van der Waals surface area contributed by atoms with E-state index < -0.39 is 0 Å². The van der Waals surface area contributed by atoms with Gasteiger partial charge in [-0.05, 0) is 50.2 Å². The number of carbonyl (C=O) groups excluding carboxylic acids is 1. The largest absolute Gasteiger partial charge is 0.447 e. The predicted octanol–water partition coefficient (Wildman–Crippen LogP) is 4.99. The molecule has 0 bridgehead atoms. The van der Waals surface area contributed by atoms with E-state index in [1.807, 2.05) is 42.5 Å². The Hall–Kier alpha value is -1.65. The molecule has 0 saturated carbocycles. The Labute approximate surface area is 141 Å². The zero-order valence-electron chi connectivity index (χ0n) is 13.4. The fourth-order valence-electron chi connectivity index (χ4n) is 2.87. The van der Waals surface area contributed by atoms with Gasteiger partial charge in [0, 0.05) is 13.0 Å². The summed E-state index contributed by atoms with van der Waals surface area (Å²) in [4.78, 5) is 15.6. The normalized spacial score (nSPS) is 16.0. The number of para-hydroxylation sites is 1. The van der Waals surface area contributed by atoms with E-state index in [0.29, 0.717) is 6.42 Å². The minimum absolute atomic E-state index is 0.224. The average Bonchev–Trinajstić information content (AvgIpc) is 2.88. The number of ether oxygens (including phenoxy) is 1. The zero-order chi connectivity index (χ0) is 15.9. The highest BCUT2D eigenvalue weighted by Gasteiger charge is 2.14. The third-order valence-corrected chi connectivity index (χ3v) is 5.18. The van der Waals surface area contributed by atoms with Crippen molar-refractivity contribution in [3.8, 4) is 10.8 Å². The molecule has 0 aliphatic carbocycles. The highest BCUT2D eigenvalue weighted by Crippen LogP contribution is 2.30. The van der Waals surface area contributed by atoms with Crippen LogP contribution in [0.5, 0.6) is 10.8 Å². The van der Waals surface area contributed by atoms with Gasteiger partial charge >= 0.3 is 0 Å². The first kappa shape index (κ1) is 16.2. The van der Waals surface area contributed by atoms with Crippen LogP contribution < -0.4 is 4.74 Å². The molecule has 0 radical (unpaired) electrons. The lowest BCUT2D eigenvalue weighted by Crippen LogP contribution is -2.27. The molecule has 0 amide bonds. The molecule has 1 aromatic heterocycles. The smallest absolute Gasteiger partial charge is 0.181 e. The van der Waals surface area contributed by atoms with Gasteiger partial charge in [0.15, 0.2) is 10.8 Å². The molecule has 0 spiro atoms. The fourth-order valence-corrected chi connectivity index (χ4v) is 3.71. The Morgan fingerprint density at radius 2 is 1.74 bits per heavy atom. The van der Waals surface area contributed by atoms with Gasteiger partial charge in [-0.25, -0.2) is 0 Å². The van der Waals surface area contributed by atoms with Crippen molar-refractivity contribution in [3.63, 3.8) is 0 Å². The quantitative estimate of drug-likeness (QED) is 0.699. The number of ketones is 1. The van der Waals surface area contributed by atoms with Crippen LogP contribution in [0.25, 0.3) is 0 Å². The van der Waals surface area contributed by atoms with Gasteiger partial charge in [0.05, 0.1) is 4.88 Å². The zero-order valence-corrected chi connectivity index (χ0v) is 14.2. The second kappa shape index (κ2) is 8.27. The van der Waals surface area contributed by atoms with E-state index in [0.717, 1.165) is 35.3 Å². The molecule has 23 heavy (non-hydrogen) atoms. The molecule has 0 atom stereocenters. The summed E-state index contributed by atoms with van der Waals surface area (Å²) in [5.41, 5.74) is 0. The van der Waals surface area contributed by atoms with Gasteiger partial charge in [0.1, 0.15) is 5.75 Å². The summed E-state index contributed by atoms with van der Waals surface area (Å²) in [5.74, 6) is 1.03. The number of likely N-dealkylation sites (tertiary alicyclic amines) is 1. The summed E-state index contributed by atoms with van der Waals surface area (Å²) in [6, 6.07) is 13.4. The molecule has 2 heterocycles. The van der Waals surface area contributed by atoms with E-state index in [1.54, 1.807) is 0 Å². The Balaban J connectivity index is 1.51. The average molecular weight is 329 g/mol. The van der Waals surface area contributed by atoms with Crippen LogP contribution in [-0.4, -0.2) is 30.3 Å². The Kier molecular flexibility index (Phi) is 5.83. The van der Waals surface area contributed by atoms with E-state index in [-0.39, 0.29) is 5.78 Å². The number of rotatable bonds is 6. The fraction of sp³-hybridized carbons (Fsp3) is 0.421. The first-order valence-corrected chi connectivity index (χ1v) is 9.21. The van der Waals surface area contributed by atoms with Crippen molar-refractivity contribution in [1.82, 2.24) is 4.90 Å². The number of hydrogen-bond acceptors (Lipinski definition) is 4. The summed E-state index contributed by atoms with van der Waals surface area (Å²) in [7, 11) is 0. The van der Waals surface area contributed by atoms with Crippen molar-refractivity contribution in [2.75, 3.05) is 19.6 Å². The molecule has 4 heteroatoms. The molecule has 1 fully saturated rings. The van der Waals surface area contributed by atoms with Crippen molar-refractivity contribution in [3.05, 3.63) is 47.3 Å². The minimum Gasteiger partial charge on any atom is -0.447 e. The maximum absolute atomic E-state index is 12.4. The van der Waals surface area contributed by atoms with Crippen LogP contribution in [0.15, 0.2) is 42.5 Å². The highest BCUT2D eigenvalue weighted by atomic mass is 32.1. The molecule has 0 N–H and O–H groups in total. The van der Waals surface area contributed by atoms with Gasteiger partial charge in [-0.1, -0.05) is 42.4 Å². The van der Waals surface area contributed by atoms with Crippen molar-refractivity contribution < 1.29 is 9.53 Å². The van der Waals surface area contributed by atoms with Crippen LogP contribution >= 0.6 is 11.3 Å². The second-order valence-corrected chi connectivity index (χ2v) is 7.01. The molecule has 3 nitrogen and oxygen atoms in total. The summed E-state index contributed by atoms with van der Waals surface area (Å²) >= 11 is 1.44. The summed E-state index contributed by atoms with van der Waals surface area (Å²) in [6.45, 7) is 3.16. The van der Waals surface area contributed by atoms with E-state index in [2.05, 4.69) is 4.90 Å². The van der Waals surface area contributed by atoms with Crippen LogP contribution in [0, 0.1) is 0 Å². The molecule has 122 valence electrons. The van der Waals surface area contributed by atoms with Crippen molar-refractivity contribution >= 4 is 17.1 Å². The topological polar surface area (TPSA) is 29.5 Å². The molecular formula is C19H23NO2S. The molecule has 1 aromatic carbocycles. The minimum atomic E-state index is 0.224. The summed E-state index contributed by atoms with van der Waals surface area (Å²) in [6.07, 6.45) is 5.79. The molecule has 0 unspecified atom stereocenters. The third kappa shape index (κ3) is 4.91. The van der Waals surface area contributed by atoms with Gasteiger partial charge < -0.3 is 9.64 Å². The molecule has 1 saturated heterocycles. The molecule has 2 aromatic rings. The molecule has 3 rings (SSSR count). The Morgan fingerprint density at radius 3 is 2.48 bits per heavy atom. The third-order valence-electron chi connectivity index (χ3n) is 4.17. The van der Waals surface area contributed by atoms with Crippen LogP contribution in [0.2, 0.25) is 0 Å². The summed E-state index contributed by atoms with van der Waals surface area (Å²) in [5, 5.41) is 0.773. The maximum atomic E-state index is 12.4. The maximum Gasteiger partial charge on any atom is 0.181 e. The predicted molar refractivity (Wildman–Crippen MR) is 94.7 cm³/mol. The number of Topliss-reactive ketones (excluding diaryl/α,β-unsaturated/α-hetero) is 1. The van der Waals surface area contributed by atoms with Crippen LogP contribution in [0.3, 0.4) is 0 Å². The monoisotopic (exact) mass is 329 g/mol. The molecule has 1 aliphatic rings. The van der Waals surface area contributed by atoms with Gasteiger partial charge in [-0.15, -0.1) is 0 Å². The standard InChI is InChI=1S/C19H23NO2S/c21-17(12-15-20-13-6-1-2-7-14-20)18-10-11-19(23-18)22-16-8-4-3-5-9-16/h3-5,8-11H,1-2,6-7,12-15H2. The van der Waals surface area contributed by atoms with Crippen molar-refractivity contribution in [2.45, 2.75) is 32.1 Å². The van der Waals surface area contributed by atoms with Crippen LogP contribution in [0.4, 0.5) is 0 Å². The number of benzene rings is 1. The van der Waals surface area contributed by atoms with Gasteiger partial charge in [0.2, 0.25) is 0 Å². The lowest BCUT2D eigenvalue weighted by atomic mass is 10.2. The highest BCUT2D eigenvalue weighted by molar-refractivity contribution is 7.15. The first-order chi connectivity index (χ1) is 11.3. The van der Waals surface area contributed by atoms with E-state index in [4.69, 9.17) is 4.74 Å². The number of carbonyl (C=O) groups is 1. The molecular weight excluding hydrogens is 306 g/mol. The number of nitrogens with zero attached hydrogens (tertiary/aromatic N) is 1. The van der Waals surface area contributed by atoms with Gasteiger partial charge in [0.25, 0.3) is 0 Å². The second-order valence-electron chi connectivity index (χ2n) is 5.96. The van der Waals surface area contributed by atoms with Crippen molar-refractivity contribution in [1.29, 1.82) is 0 Å². The van der Waals surface area contributed by atoms with Gasteiger partial charge in [-0.3, -0.25) is 4.79 Å². The Bertz CT molecular complexity index is 615. The van der Waals surface area contributed by atoms with E-state index in [1.165, 1.54) is 37.0 Å².